The monoisotopic (exact) mass is 248 g/mol. The number of hydrogen-bond acceptors (Lipinski definition) is 3. The molecule has 5 heteroatoms. The molecule has 86 valence electrons. The maximum atomic E-state index is 11.2. The Kier molecular flexibility index (Phi) is 2.93. The Bertz CT molecular complexity index is 624. The van der Waals surface area contributed by atoms with Crippen LogP contribution in [-0.2, 0) is 4.79 Å². The molecular formula is C12H8O4S. The second-order valence-corrected chi connectivity index (χ2v) is 4.40. The van der Waals surface area contributed by atoms with Crippen LogP contribution in [0.5, 0.6) is 0 Å². The Labute approximate surface area is 100 Å². The van der Waals surface area contributed by atoms with Gasteiger partial charge in [0.2, 0.25) is 0 Å². The molecule has 0 saturated heterocycles. The van der Waals surface area contributed by atoms with Crippen molar-refractivity contribution < 1.29 is 19.8 Å². The quantitative estimate of drug-likeness (QED) is 0.819. The fraction of sp³-hybridized carbons (Fsp3) is 0. The van der Waals surface area contributed by atoms with Gasteiger partial charge in [-0.3, -0.25) is 0 Å². The summed E-state index contributed by atoms with van der Waals surface area (Å²) in [5.74, 6) is -2.15. The molecule has 0 unspecified atom stereocenters. The van der Waals surface area contributed by atoms with Crippen LogP contribution in [0.1, 0.15) is 15.2 Å². The van der Waals surface area contributed by atoms with E-state index in [-0.39, 0.29) is 5.56 Å². The molecule has 0 bridgehead atoms. The first-order chi connectivity index (χ1) is 8.09. The Morgan fingerprint density at radius 1 is 1.18 bits per heavy atom. The van der Waals surface area contributed by atoms with Crippen molar-refractivity contribution in [3.63, 3.8) is 0 Å². The number of carbonyl (C=O) groups is 2. The summed E-state index contributed by atoms with van der Waals surface area (Å²) < 4.78 is 0.829. The minimum absolute atomic E-state index is 0.156. The molecule has 0 saturated carbocycles. The highest BCUT2D eigenvalue weighted by Crippen LogP contribution is 2.32. The largest absolute Gasteiger partial charge is 0.478 e. The highest BCUT2D eigenvalue weighted by atomic mass is 32.1. The third-order valence-corrected chi connectivity index (χ3v) is 3.35. The second kappa shape index (κ2) is 4.39. The predicted molar refractivity (Wildman–Crippen MR) is 65.5 cm³/mol. The summed E-state index contributed by atoms with van der Waals surface area (Å²) in [6.45, 7) is 0. The van der Waals surface area contributed by atoms with E-state index in [4.69, 9.17) is 10.2 Å². The van der Waals surface area contributed by atoms with Gasteiger partial charge in [0.05, 0.1) is 5.56 Å². The van der Waals surface area contributed by atoms with Crippen LogP contribution in [0.4, 0.5) is 0 Å². The van der Waals surface area contributed by atoms with E-state index < -0.39 is 11.9 Å². The number of aliphatic carboxylic acids is 1. The molecular weight excluding hydrogens is 240 g/mol. The second-order valence-electron chi connectivity index (χ2n) is 3.31. The maximum absolute atomic E-state index is 11.2. The standard InChI is InChI=1S/C12H8O4S/c13-10(14)6-5-9-11(12(15)16)7-3-1-2-4-8(7)17-9/h1-6H,(H,13,14)(H,15,16). The van der Waals surface area contributed by atoms with E-state index in [1.807, 2.05) is 12.1 Å². The molecule has 1 aromatic heterocycles. The van der Waals surface area contributed by atoms with Crippen LogP contribution in [0.25, 0.3) is 16.2 Å². The SMILES string of the molecule is O=C(O)C=Cc1sc2ccccc2c1C(=O)O. The number of hydrogen-bond donors (Lipinski definition) is 2. The molecule has 2 N–H and O–H groups in total. The number of carboxylic acid groups (broad SMARTS) is 2. The van der Waals surface area contributed by atoms with Gasteiger partial charge in [-0.25, -0.2) is 9.59 Å². The summed E-state index contributed by atoms with van der Waals surface area (Å²) in [5.41, 5.74) is 0.156. The van der Waals surface area contributed by atoms with Crippen LogP contribution >= 0.6 is 11.3 Å². The predicted octanol–water partition coefficient (Wildman–Crippen LogP) is 2.70. The molecule has 2 aromatic rings. The molecule has 4 nitrogen and oxygen atoms in total. The van der Waals surface area contributed by atoms with Crippen LogP contribution in [0.2, 0.25) is 0 Å². The third-order valence-electron chi connectivity index (χ3n) is 2.21. The van der Waals surface area contributed by atoms with E-state index in [2.05, 4.69) is 0 Å². The lowest BCUT2D eigenvalue weighted by Gasteiger charge is -1.93. The summed E-state index contributed by atoms with van der Waals surface area (Å²) >= 11 is 1.26. The zero-order valence-electron chi connectivity index (χ0n) is 8.58. The summed E-state index contributed by atoms with van der Waals surface area (Å²) in [6.07, 6.45) is 2.26. The fourth-order valence-electron chi connectivity index (χ4n) is 1.55. The van der Waals surface area contributed by atoms with E-state index in [1.54, 1.807) is 12.1 Å². The van der Waals surface area contributed by atoms with Crippen molar-refractivity contribution in [2.24, 2.45) is 0 Å². The Hall–Kier alpha value is -2.14. The molecule has 1 heterocycles. The normalized spacial score (nSPS) is 11.1. The average molecular weight is 248 g/mol. The van der Waals surface area contributed by atoms with Gasteiger partial charge in [-0.1, -0.05) is 18.2 Å². The average Bonchev–Trinajstić information content (AvgIpc) is 2.64. The lowest BCUT2D eigenvalue weighted by molar-refractivity contribution is -0.131. The lowest BCUT2D eigenvalue weighted by atomic mass is 10.1. The molecule has 0 fully saturated rings. The molecule has 2 rings (SSSR count). The molecule has 0 aliphatic heterocycles. The van der Waals surface area contributed by atoms with Gasteiger partial charge in [0, 0.05) is 21.0 Å². The van der Waals surface area contributed by atoms with Crippen molar-refractivity contribution in [2.75, 3.05) is 0 Å². The van der Waals surface area contributed by atoms with Gasteiger partial charge in [0.25, 0.3) is 0 Å². The van der Waals surface area contributed by atoms with E-state index in [0.29, 0.717) is 10.3 Å². The summed E-state index contributed by atoms with van der Waals surface area (Å²) in [4.78, 5) is 22.1. The first-order valence-electron chi connectivity index (χ1n) is 4.75. The van der Waals surface area contributed by atoms with Crippen molar-refractivity contribution in [1.82, 2.24) is 0 Å². The number of aromatic carboxylic acids is 1. The zero-order valence-corrected chi connectivity index (χ0v) is 9.40. The molecule has 0 atom stereocenters. The highest BCUT2D eigenvalue weighted by Gasteiger charge is 2.16. The number of benzene rings is 1. The van der Waals surface area contributed by atoms with Crippen LogP contribution in [-0.4, -0.2) is 22.2 Å². The Morgan fingerprint density at radius 2 is 1.88 bits per heavy atom. The molecule has 17 heavy (non-hydrogen) atoms. The Morgan fingerprint density at radius 3 is 2.53 bits per heavy atom. The van der Waals surface area contributed by atoms with Crippen LogP contribution in [0, 0.1) is 0 Å². The topological polar surface area (TPSA) is 74.6 Å². The van der Waals surface area contributed by atoms with Crippen LogP contribution in [0.15, 0.2) is 30.3 Å². The highest BCUT2D eigenvalue weighted by molar-refractivity contribution is 7.20. The Balaban J connectivity index is 2.66. The fourth-order valence-corrected chi connectivity index (χ4v) is 2.65. The first-order valence-corrected chi connectivity index (χ1v) is 5.57. The zero-order chi connectivity index (χ0) is 12.4. The van der Waals surface area contributed by atoms with Gasteiger partial charge in [0.1, 0.15) is 0 Å². The number of rotatable bonds is 3. The van der Waals surface area contributed by atoms with Gasteiger partial charge < -0.3 is 10.2 Å². The van der Waals surface area contributed by atoms with Gasteiger partial charge in [-0.15, -0.1) is 11.3 Å². The van der Waals surface area contributed by atoms with Gasteiger partial charge in [-0.05, 0) is 12.1 Å². The van der Waals surface area contributed by atoms with Gasteiger partial charge >= 0.3 is 11.9 Å². The van der Waals surface area contributed by atoms with Crippen molar-refractivity contribution >= 4 is 39.4 Å². The molecule has 0 amide bonds. The van der Waals surface area contributed by atoms with Gasteiger partial charge in [0.15, 0.2) is 0 Å². The van der Waals surface area contributed by atoms with Crippen LogP contribution < -0.4 is 0 Å². The molecule has 0 aliphatic carbocycles. The lowest BCUT2D eigenvalue weighted by Crippen LogP contribution is -1.96. The van der Waals surface area contributed by atoms with Crippen molar-refractivity contribution in [1.29, 1.82) is 0 Å². The van der Waals surface area contributed by atoms with E-state index >= 15 is 0 Å². The molecule has 1 aromatic carbocycles. The van der Waals surface area contributed by atoms with Gasteiger partial charge in [-0.2, -0.15) is 0 Å². The van der Waals surface area contributed by atoms with E-state index in [0.717, 1.165) is 10.8 Å². The summed E-state index contributed by atoms with van der Waals surface area (Å²) in [7, 11) is 0. The van der Waals surface area contributed by atoms with E-state index in [9.17, 15) is 9.59 Å². The van der Waals surface area contributed by atoms with Crippen LogP contribution in [0.3, 0.4) is 0 Å². The number of carboxylic acids is 2. The van der Waals surface area contributed by atoms with E-state index in [1.165, 1.54) is 17.4 Å². The number of fused-ring (bicyclic) bond motifs is 1. The maximum Gasteiger partial charge on any atom is 0.337 e. The summed E-state index contributed by atoms with van der Waals surface area (Å²) in [5, 5.41) is 18.3. The third kappa shape index (κ3) is 2.19. The molecule has 0 radical (unpaired) electrons. The first kappa shape index (κ1) is 11.3. The minimum atomic E-state index is -1.10. The molecule has 0 spiro atoms. The van der Waals surface area contributed by atoms with Crippen molar-refractivity contribution in [3.05, 3.63) is 40.8 Å². The van der Waals surface area contributed by atoms with Crippen molar-refractivity contribution in [3.8, 4) is 0 Å². The summed E-state index contributed by atoms with van der Waals surface area (Å²) in [6, 6.07) is 7.10. The molecule has 0 aliphatic rings. The van der Waals surface area contributed by atoms with Crippen molar-refractivity contribution in [2.45, 2.75) is 0 Å². The number of thiophene rings is 1. The minimum Gasteiger partial charge on any atom is -0.478 e. The smallest absolute Gasteiger partial charge is 0.337 e.